The Kier molecular flexibility index (Phi) is 5.53. The fourth-order valence-corrected chi connectivity index (χ4v) is 2.63. The van der Waals surface area contributed by atoms with Crippen LogP contribution in [0.5, 0.6) is 0 Å². The Morgan fingerprint density at radius 3 is 2.82 bits per heavy atom. The fraction of sp³-hybridized carbons (Fsp3) is 0.375. The molecule has 4 nitrogen and oxygen atoms in total. The van der Waals surface area contributed by atoms with Gasteiger partial charge in [0.15, 0.2) is 0 Å². The molecule has 1 aromatic carbocycles. The first-order chi connectivity index (χ1) is 10.5. The van der Waals surface area contributed by atoms with Gasteiger partial charge in [-0.3, -0.25) is 9.59 Å². The minimum atomic E-state index is -0.338. The molecule has 0 aliphatic carbocycles. The van der Waals surface area contributed by atoms with Crippen LogP contribution in [-0.2, 0) is 6.54 Å². The van der Waals surface area contributed by atoms with Crippen LogP contribution >= 0.6 is 23.4 Å². The van der Waals surface area contributed by atoms with E-state index in [4.69, 9.17) is 11.6 Å². The quantitative estimate of drug-likeness (QED) is 0.911. The maximum atomic E-state index is 12.6. The summed E-state index contributed by atoms with van der Waals surface area (Å²) in [6, 6.07) is 5.17. The first-order valence-electron chi connectivity index (χ1n) is 7.11. The van der Waals surface area contributed by atoms with Gasteiger partial charge in [-0.2, -0.15) is 11.8 Å². The topological polar surface area (TPSA) is 51.1 Å². The number of carbonyl (C=O) groups excluding carboxylic acids is 1. The Morgan fingerprint density at radius 2 is 2.18 bits per heavy atom. The summed E-state index contributed by atoms with van der Waals surface area (Å²) in [4.78, 5) is 24.9. The zero-order valence-corrected chi connectivity index (χ0v) is 14.4. The lowest BCUT2D eigenvalue weighted by Crippen LogP contribution is -2.33. The van der Waals surface area contributed by atoms with E-state index in [2.05, 4.69) is 5.32 Å². The third kappa shape index (κ3) is 3.47. The van der Waals surface area contributed by atoms with Crippen molar-refractivity contribution in [1.29, 1.82) is 0 Å². The highest BCUT2D eigenvalue weighted by Crippen LogP contribution is 2.17. The number of hydrogen-bond donors (Lipinski definition) is 1. The van der Waals surface area contributed by atoms with Crippen molar-refractivity contribution in [2.45, 2.75) is 25.6 Å². The normalized spacial score (nSPS) is 12.4. The van der Waals surface area contributed by atoms with Crippen LogP contribution in [0, 0.1) is 0 Å². The summed E-state index contributed by atoms with van der Waals surface area (Å²) in [6.45, 7) is 5.19. The van der Waals surface area contributed by atoms with Gasteiger partial charge < -0.3 is 9.88 Å². The Hall–Kier alpha value is -1.46. The molecule has 118 valence electrons. The predicted octanol–water partition coefficient (Wildman–Crippen LogP) is 3.16. The monoisotopic (exact) mass is 338 g/mol. The minimum Gasteiger partial charge on any atom is -0.351 e. The molecule has 6 heteroatoms. The zero-order valence-electron chi connectivity index (χ0n) is 12.9. The maximum Gasteiger partial charge on any atom is 0.256 e. The molecule has 0 spiro atoms. The molecule has 1 atom stereocenters. The maximum absolute atomic E-state index is 12.6. The summed E-state index contributed by atoms with van der Waals surface area (Å²) in [6.07, 6.45) is 3.61. The molecule has 1 N–H and O–H groups in total. The van der Waals surface area contributed by atoms with Gasteiger partial charge in [0.1, 0.15) is 5.56 Å². The highest BCUT2D eigenvalue weighted by atomic mass is 35.5. The Bertz CT molecular complexity index is 758. The van der Waals surface area contributed by atoms with Crippen molar-refractivity contribution in [3.63, 3.8) is 0 Å². The molecule has 1 amide bonds. The van der Waals surface area contributed by atoms with Crippen LogP contribution in [0.25, 0.3) is 10.9 Å². The molecule has 0 bridgehead atoms. The molecule has 1 aromatic heterocycles. The van der Waals surface area contributed by atoms with E-state index in [1.807, 2.05) is 24.7 Å². The summed E-state index contributed by atoms with van der Waals surface area (Å²) < 4.78 is 1.89. The van der Waals surface area contributed by atoms with Crippen LogP contribution in [0.4, 0.5) is 0 Å². The number of amides is 1. The lowest BCUT2D eigenvalue weighted by atomic mass is 10.1. The zero-order chi connectivity index (χ0) is 16.3. The van der Waals surface area contributed by atoms with E-state index >= 15 is 0 Å². The van der Waals surface area contributed by atoms with Gasteiger partial charge in [-0.1, -0.05) is 18.5 Å². The highest BCUT2D eigenvalue weighted by molar-refractivity contribution is 7.99. The minimum absolute atomic E-state index is 0.157. The summed E-state index contributed by atoms with van der Waals surface area (Å²) in [5.74, 6) is -0.338. The second-order valence-electron chi connectivity index (χ2n) is 5.08. The third-order valence-corrected chi connectivity index (χ3v) is 4.79. The smallest absolute Gasteiger partial charge is 0.256 e. The van der Waals surface area contributed by atoms with E-state index in [1.54, 1.807) is 36.2 Å². The summed E-state index contributed by atoms with van der Waals surface area (Å²) in [5.41, 5.74) is 0.660. The summed E-state index contributed by atoms with van der Waals surface area (Å²) in [7, 11) is 0. The first kappa shape index (κ1) is 16.9. The Labute approximate surface area is 138 Å². The number of aryl methyl sites for hydroxylation is 1. The van der Waals surface area contributed by atoms with Gasteiger partial charge in [0.05, 0.1) is 5.52 Å². The number of halogens is 1. The lowest BCUT2D eigenvalue weighted by Gasteiger charge is -2.13. The molecule has 2 aromatic rings. The van der Waals surface area contributed by atoms with Gasteiger partial charge in [0.25, 0.3) is 5.91 Å². The van der Waals surface area contributed by atoms with Crippen LogP contribution < -0.4 is 10.7 Å². The largest absolute Gasteiger partial charge is 0.351 e. The fourth-order valence-electron chi connectivity index (χ4n) is 2.21. The van der Waals surface area contributed by atoms with Gasteiger partial charge >= 0.3 is 0 Å². The number of pyridine rings is 1. The van der Waals surface area contributed by atoms with E-state index < -0.39 is 0 Å². The number of nitrogens with zero attached hydrogens (tertiary/aromatic N) is 1. The van der Waals surface area contributed by atoms with E-state index in [1.165, 1.54) is 0 Å². The molecule has 0 fully saturated rings. The number of carbonyl (C=O) groups is 1. The average molecular weight is 339 g/mol. The van der Waals surface area contributed by atoms with Crippen LogP contribution in [0.3, 0.4) is 0 Å². The van der Waals surface area contributed by atoms with Crippen LogP contribution in [0.1, 0.15) is 24.2 Å². The summed E-state index contributed by atoms with van der Waals surface area (Å²) >= 11 is 7.65. The number of nitrogens with one attached hydrogen (secondary N) is 1. The standard InChI is InChI=1S/C16H19ClN2O2S/c1-4-19-9-13(16(21)18-8-10(2)22-3)15(20)12-7-11(17)5-6-14(12)19/h5-7,9-10H,4,8H2,1-3H3,(H,18,21)/t10-/m1/s1. The third-order valence-electron chi connectivity index (χ3n) is 3.58. The number of hydrogen-bond acceptors (Lipinski definition) is 3. The van der Waals surface area contributed by atoms with Gasteiger partial charge in [0, 0.05) is 34.9 Å². The first-order valence-corrected chi connectivity index (χ1v) is 8.78. The molecule has 22 heavy (non-hydrogen) atoms. The molecule has 1 heterocycles. The SMILES string of the molecule is CCn1cc(C(=O)NC[C@@H](C)SC)c(=O)c2cc(Cl)ccc21. The molecule has 2 rings (SSSR count). The van der Waals surface area contributed by atoms with Gasteiger partial charge in [-0.25, -0.2) is 0 Å². The van der Waals surface area contributed by atoms with Crippen molar-refractivity contribution in [1.82, 2.24) is 9.88 Å². The Balaban J connectivity index is 2.48. The average Bonchev–Trinajstić information content (AvgIpc) is 2.53. The Morgan fingerprint density at radius 1 is 1.45 bits per heavy atom. The number of aromatic nitrogens is 1. The van der Waals surface area contributed by atoms with Crippen molar-refractivity contribution >= 4 is 40.2 Å². The molecule has 0 unspecified atom stereocenters. The van der Waals surface area contributed by atoms with Gasteiger partial charge in [-0.05, 0) is 31.4 Å². The molecule has 0 aliphatic rings. The van der Waals surface area contributed by atoms with Gasteiger partial charge in [0.2, 0.25) is 5.43 Å². The number of thioether (sulfide) groups is 1. The molecule has 0 aliphatic heterocycles. The lowest BCUT2D eigenvalue weighted by molar-refractivity contribution is 0.0952. The van der Waals surface area contributed by atoms with Crippen molar-refractivity contribution in [3.05, 3.63) is 45.2 Å². The number of fused-ring (bicyclic) bond motifs is 1. The molecule has 0 saturated heterocycles. The highest BCUT2D eigenvalue weighted by Gasteiger charge is 2.15. The van der Waals surface area contributed by atoms with E-state index in [-0.39, 0.29) is 16.9 Å². The second-order valence-corrected chi connectivity index (χ2v) is 6.79. The van der Waals surface area contributed by atoms with Crippen molar-refractivity contribution in [3.8, 4) is 0 Å². The predicted molar refractivity (Wildman–Crippen MR) is 94.2 cm³/mol. The number of rotatable bonds is 5. The van der Waals surface area contributed by atoms with Crippen LogP contribution in [0.15, 0.2) is 29.2 Å². The van der Waals surface area contributed by atoms with Crippen LogP contribution in [-0.4, -0.2) is 28.5 Å². The molecular formula is C16H19ClN2O2S. The molecule has 0 saturated carbocycles. The van der Waals surface area contributed by atoms with E-state index in [0.29, 0.717) is 28.7 Å². The van der Waals surface area contributed by atoms with Crippen molar-refractivity contribution < 1.29 is 4.79 Å². The van der Waals surface area contributed by atoms with E-state index in [9.17, 15) is 9.59 Å². The van der Waals surface area contributed by atoms with Crippen molar-refractivity contribution in [2.75, 3.05) is 12.8 Å². The van der Waals surface area contributed by atoms with Crippen LogP contribution in [0.2, 0.25) is 5.02 Å². The summed E-state index contributed by atoms with van der Waals surface area (Å²) in [5, 5.41) is 4.07. The van der Waals surface area contributed by atoms with Gasteiger partial charge in [-0.15, -0.1) is 0 Å². The van der Waals surface area contributed by atoms with Crippen molar-refractivity contribution in [2.24, 2.45) is 0 Å². The molecule has 0 radical (unpaired) electrons. The second kappa shape index (κ2) is 7.20. The molecular weight excluding hydrogens is 320 g/mol. The number of benzene rings is 1. The van der Waals surface area contributed by atoms with E-state index in [0.717, 1.165) is 5.52 Å².